The van der Waals surface area contributed by atoms with E-state index in [0.29, 0.717) is 12.8 Å². The molecule has 9 nitrogen and oxygen atoms in total. The van der Waals surface area contributed by atoms with Crippen molar-refractivity contribution in [2.24, 2.45) is 5.73 Å². The van der Waals surface area contributed by atoms with Crippen LogP contribution in [0.1, 0.15) is 463 Å². The summed E-state index contributed by atoms with van der Waals surface area (Å²) in [6.45, 7) is 3.86. The second-order valence-corrected chi connectivity index (χ2v) is 29.5. The van der Waals surface area contributed by atoms with E-state index in [2.05, 4.69) is 13.8 Å². The van der Waals surface area contributed by atoms with Gasteiger partial charge in [0, 0.05) is 19.4 Å². The Morgan fingerprint density at radius 3 is 0.685 bits per heavy atom. The van der Waals surface area contributed by atoms with Crippen molar-refractivity contribution in [3.8, 4) is 0 Å². The Bertz CT molecular complexity index is 1420. The minimum absolute atomic E-state index is 0.0590. The fourth-order valence-corrected chi connectivity index (χ4v) is 13.8. The Morgan fingerprint density at radius 2 is 0.483 bits per heavy atom. The molecule has 0 aliphatic rings. The predicted molar refractivity (Wildman–Crippen MR) is 386 cm³/mol. The van der Waals surface area contributed by atoms with Gasteiger partial charge in [0.15, 0.2) is 6.10 Å². The van der Waals surface area contributed by atoms with E-state index < -0.39 is 26.5 Å². The number of hydrogen-bond acceptors (Lipinski definition) is 8. The molecule has 0 aromatic carbocycles. The van der Waals surface area contributed by atoms with Crippen LogP contribution in [0.4, 0.5) is 0 Å². The van der Waals surface area contributed by atoms with Crippen molar-refractivity contribution in [3.05, 3.63) is 0 Å². The normalized spacial score (nSPS) is 12.7. The molecule has 0 aromatic rings. The molecule has 0 aliphatic heterocycles. The summed E-state index contributed by atoms with van der Waals surface area (Å²) >= 11 is 0. The van der Waals surface area contributed by atoms with E-state index in [1.54, 1.807) is 0 Å². The summed E-state index contributed by atoms with van der Waals surface area (Å²) in [5.41, 5.74) is 5.42. The molecule has 10 heteroatoms. The first-order valence-corrected chi connectivity index (χ1v) is 42.0. The summed E-state index contributed by atoms with van der Waals surface area (Å²) in [5.74, 6) is -0.794. The van der Waals surface area contributed by atoms with Gasteiger partial charge < -0.3 is 20.1 Å². The third-order valence-electron chi connectivity index (χ3n) is 19.0. The predicted octanol–water partition coefficient (Wildman–Crippen LogP) is 26.9. The highest BCUT2D eigenvalue weighted by molar-refractivity contribution is 7.47. The third kappa shape index (κ3) is 75.9. The highest BCUT2D eigenvalue weighted by Gasteiger charge is 2.26. The van der Waals surface area contributed by atoms with Gasteiger partial charge in [-0.05, 0) is 12.8 Å². The van der Waals surface area contributed by atoms with Gasteiger partial charge in [-0.2, -0.15) is 0 Å². The van der Waals surface area contributed by atoms with Crippen LogP contribution in [0.2, 0.25) is 0 Å². The van der Waals surface area contributed by atoms with E-state index in [1.165, 1.54) is 398 Å². The van der Waals surface area contributed by atoms with E-state index in [4.69, 9.17) is 24.3 Å². The van der Waals surface area contributed by atoms with E-state index >= 15 is 0 Å². The molecule has 0 spiro atoms. The van der Waals surface area contributed by atoms with Gasteiger partial charge in [-0.3, -0.25) is 18.6 Å². The summed E-state index contributed by atoms with van der Waals surface area (Å²) in [5, 5.41) is 0. The lowest BCUT2D eigenvalue weighted by Crippen LogP contribution is -2.29. The average molecular weight is 1280 g/mol. The molecule has 3 N–H and O–H groups in total. The van der Waals surface area contributed by atoms with E-state index in [-0.39, 0.29) is 32.1 Å². The second-order valence-electron chi connectivity index (χ2n) is 28.0. The van der Waals surface area contributed by atoms with Crippen molar-refractivity contribution < 1.29 is 37.6 Å². The molecule has 0 bridgehead atoms. The van der Waals surface area contributed by atoms with E-state index in [0.717, 1.165) is 32.1 Å². The number of carbonyl (C=O) groups is 2. The summed E-state index contributed by atoms with van der Waals surface area (Å²) in [7, 11) is -4.39. The van der Waals surface area contributed by atoms with Crippen molar-refractivity contribution in [1.82, 2.24) is 0 Å². The Balaban J connectivity index is 3.70. The van der Waals surface area contributed by atoms with E-state index in [9.17, 15) is 19.0 Å². The minimum Gasteiger partial charge on any atom is -0.462 e. The van der Waals surface area contributed by atoms with Crippen LogP contribution in [0, 0.1) is 0 Å². The van der Waals surface area contributed by atoms with Crippen LogP contribution in [0.5, 0.6) is 0 Å². The highest BCUT2D eigenvalue weighted by atomic mass is 31.2. The van der Waals surface area contributed by atoms with Crippen LogP contribution in [0.15, 0.2) is 0 Å². The zero-order valence-electron chi connectivity index (χ0n) is 60.2. The topological polar surface area (TPSA) is 134 Å². The lowest BCUT2D eigenvalue weighted by atomic mass is 10.0. The molecule has 0 radical (unpaired) electrons. The van der Waals surface area contributed by atoms with Crippen molar-refractivity contribution >= 4 is 19.8 Å². The third-order valence-corrected chi connectivity index (χ3v) is 20.0. The molecule has 2 unspecified atom stereocenters. The molecule has 0 aromatic heterocycles. The lowest BCUT2D eigenvalue weighted by molar-refractivity contribution is -0.161. The first kappa shape index (κ1) is 88.0. The van der Waals surface area contributed by atoms with E-state index in [1.807, 2.05) is 0 Å². The molecule has 0 fully saturated rings. The Morgan fingerprint density at radius 1 is 0.292 bits per heavy atom. The molecular weight excluding hydrogens is 1120 g/mol. The van der Waals surface area contributed by atoms with Crippen molar-refractivity contribution in [2.75, 3.05) is 26.4 Å². The largest absolute Gasteiger partial charge is 0.472 e. The number of unbranched alkanes of at least 4 members (excludes halogenated alkanes) is 66. The molecule has 89 heavy (non-hydrogen) atoms. The first-order valence-electron chi connectivity index (χ1n) is 40.5. The Labute approximate surface area is 556 Å². The van der Waals surface area contributed by atoms with Crippen LogP contribution >= 0.6 is 7.82 Å². The maximum absolute atomic E-state index is 12.8. The fraction of sp³-hybridized carbons (Fsp3) is 0.975. The first-order chi connectivity index (χ1) is 43.8. The number of phosphoric ester groups is 1. The van der Waals surface area contributed by atoms with Gasteiger partial charge in [0.2, 0.25) is 0 Å². The van der Waals surface area contributed by atoms with Gasteiger partial charge in [-0.15, -0.1) is 0 Å². The van der Waals surface area contributed by atoms with Gasteiger partial charge in [0.25, 0.3) is 0 Å². The molecule has 0 aliphatic carbocycles. The van der Waals surface area contributed by atoms with Crippen LogP contribution in [-0.2, 0) is 32.7 Å². The van der Waals surface area contributed by atoms with Crippen molar-refractivity contribution in [1.29, 1.82) is 0 Å². The number of ether oxygens (including phenoxy) is 2. The second kappa shape index (κ2) is 76.0. The molecule has 0 heterocycles. The number of rotatable bonds is 79. The Kier molecular flexibility index (Phi) is 75.2. The molecule has 0 rings (SSSR count). The summed E-state index contributed by atoms with van der Waals surface area (Å²) in [6.07, 6.45) is 92.7. The molecule has 532 valence electrons. The molecule has 0 saturated carbocycles. The zero-order chi connectivity index (χ0) is 64.4. The summed E-state index contributed by atoms with van der Waals surface area (Å²) < 4.78 is 33.3. The maximum atomic E-state index is 12.8. The minimum atomic E-state index is -4.39. The zero-order valence-corrected chi connectivity index (χ0v) is 61.1. The molecule has 0 saturated heterocycles. The molecular formula is C79H158NO8P. The number of phosphoric acid groups is 1. The van der Waals surface area contributed by atoms with Crippen LogP contribution in [0.25, 0.3) is 0 Å². The van der Waals surface area contributed by atoms with Crippen LogP contribution in [-0.4, -0.2) is 49.3 Å². The van der Waals surface area contributed by atoms with Gasteiger partial charge in [-0.25, -0.2) is 4.57 Å². The number of carbonyl (C=O) groups excluding carboxylic acids is 2. The lowest BCUT2D eigenvalue weighted by Gasteiger charge is -2.19. The average Bonchev–Trinajstić information content (AvgIpc) is 3.68. The SMILES string of the molecule is CCCCCCCCCCCCCCCCCCCCCCCCCCCCCCCCCCCCCCCCCCC(=O)OC(COC(=O)CCCCCCCCCCCCCCCCCCCCCCCCCCCCCC)COP(=O)(O)OCCN. The maximum Gasteiger partial charge on any atom is 0.472 e. The van der Waals surface area contributed by atoms with Crippen LogP contribution in [0.3, 0.4) is 0 Å². The van der Waals surface area contributed by atoms with Gasteiger partial charge in [0.05, 0.1) is 13.2 Å². The standard InChI is InChI=1S/C79H158NO8P/c1-3-5-7-9-11-13-15-17-19-21-23-25-27-29-31-33-34-35-36-37-38-39-40-41-42-43-44-46-48-50-52-54-56-58-60-62-64-66-68-70-72-79(82)88-77(76-87-89(83,84)86-74-73-80)75-85-78(81)71-69-67-65-63-61-59-57-55-53-51-49-47-45-32-30-28-26-24-22-20-18-16-14-12-10-8-6-4-2/h77H,3-76,80H2,1-2H3,(H,83,84). The van der Waals surface area contributed by atoms with Crippen LogP contribution < -0.4 is 5.73 Å². The number of nitrogens with two attached hydrogens (primary N) is 1. The smallest absolute Gasteiger partial charge is 0.462 e. The van der Waals surface area contributed by atoms with Gasteiger partial charge in [0.1, 0.15) is 6.61 Å². The number of esters is 2. The molecule has 2 atom stereocenters. The monoisotopic (exact) mass is 1280 g/mol. The van der Waals surface area contributed by atoms with Crippen molar-refractivity contribution in [2.45, 2.75) is 469 Å². The van der Waals surface area contributed by atoms with Gasteiger partial charge >= 0.3 is 19.8 Å². The van der Waals surface area contributed by atoms with Crippen molar-refractivity contribution in [3.63, 3.8) is 0 Å². The number of hydrogen-bond donors (Lipinski definition) is 2. The summed E-state index contributed by atoms with van der Waals surface area (Å²) in [6, 6.07) is 0. The highest BCUT2D eigenvalue weighted by Crippen LogP contribution is 2.43. The summed E-state index contributed by atoms with van der Waals surface area (Å²) in [4.78, 5) is 35.4. The quantitative estimate of drug-likeness (QED) is 0.0347. The Hall–Kier alpha value is -0.990. The fourth-order valence-electron chi connectivity index (χ4n) is 13.0. The van der Waals surface area contributed by atoms with Gasteiger partial charge in [-0.1, -0.05) is 438 Å². The molecule has 0 amide bonds.